The van der Waals surface area contributed by atoms with E-state index in [0.717, 1.165) is 19.3 Å². The number of rotatable bonds is 4. The lowest BCUT2D eigenvalue weighted by atomic mass is 10.1. The molecule has 2 amide bonds. The third-order valence-electron chi connectivity index (χ3n) is 3.08. The number of aliphatic carboxylic acids is 1. The molecule has 7 nitrogen and oxygen atoms in total. The number of nitrogens with zero attached hydrogens (tertiary/aromatic N) is 1. The Morgan fingerprint density at radius 3 is 2.24 bits per heavy atom. The zero-order valence-corrected chi connectivity index (χ0v) is 12.8. The van der Waals surface area contributed by atoms with Gasteiger partial charge in [-0.1, -0.05) is 0 Å². The number of carbonyl (C=O) groups is 3. The molecule has 0 aliphatic carbocycles. The molecule has 120 valence electrons. The van der Waals surface area contributed by atoms with Crippen molar-refractivity contribution in [2.45, 2.75) is 58.1 Å². The Hall–Kier alpha value is -1.79. The van der Waals surface area contributed by atoms with Crippen molar-refractivity contribution in [1.82, 2.24) is 10.2 Å². The summed E-state index contributed by atoms with van der Waals surface area (Å²) in [6.45, 7) is 6.35. The number of carboxylic acid groups (broad SMARTS) is 1. The van der Waals surface area contributed by atoms with Gasteiger partial charge in [0.1, 0.15) is 11.6 Å². The number of nitrogens with one attached hydrogen (secondary N) is 1. The van der Waals surface area contributed by atoms with Gasteiger partial charge in [-0.2, -0.15) is 0 Å². The number of amides is 2. The lowest BCUT2D eigenvalue weighted by Crippen LogP contribution is -2.47. The van der Waals surface area contributed by atoms with Crippen LogP contribution < -0.4 is 5.32 Å². The van der Waals surface area contributed by atoms with Crippen LogP contribution >= 0.6 is 0 Å². The van der Waals surface area contributed by atoms with Gasteiger partial charge in [0.25, 0.3) is 0 Å². The Morgan fingerprint density at radius 2 is 1.76 bits per heavy atom. The van der Waals surface area contributed by atoms with Crippen molar-refractivity contribution in [1.29, 1.82) is 0 Å². The van der Waals surface area contributed by atoms with E-state index in [2.05, 4.69) is 5.32 Å². The van der Waals surface area contributed by atoms with E-state index in [1.165, 1.54) is 0 Å². The molecule has 7 heteroatoms. The number of piperidine rings is 1. The predicted molar refractivity (Wildman–Crippen MR) is 75.8 cm³/mol. The van der Waals surface area contributed by atoms with Crippen LogP contribution in [0.15, 0.2) is 0 Å². The standard InChI is InChI=1S/C14H24N2O5/c1-14(2,3)21-13(20)15-10(12(18)19)9-11(17)16-7-5-4-6-8-16/h10H,4-9H2,1-3H3,(H,15,20)(H,18,19)/t10-/m0/s1. The van der Waals surface area contributed by atoms with Crippen LogP contribution in [-0.2, 0) is 14.3 Å². The van der Waals surface area contributed by atoms with E-state index in [9.17, 15) is 14.4 Å². The molecule has 1 heterocycles. The van der Waals surface area contributed by atoms with Gasteiger partial charge in [-0.25, -0.2) is 9.59 Å². The van der Waals surface area contributed by atoms with Crippen molar-refractivity contribution in [3.8, 4) is 0 Å². The molecule has 1 aliphatic rings. The molecular weight excluding hydrogens is 276 g/mol. The van der Waals surface area contributed by atoms with Crippen LogP contribution in [-0.4, -0.2) is 52.7 Å². The SMILES string of the molecule is CC(C)(C)OC(=O)N[C@@H](CC(=O)N1CCCCC1)C(=O)O. The van der Waals surface area contributed by atoms with E-state index in [0.29, 0.717) is 13.1 Å². The van der Waals surface area contributed by atoms with Crippen LogP contribution in [0.2, 0.25) is 0 Å². The van der Waals surface area contributed by atoms with Gasteiger partial charge < -0.3 is 20.1 Å². The summed E-state index contributed by atoms with van der Waals surface area (Å²) in [6, 6.07) is -1.27. The lowest BCUT2D eigenvalue weighted by Gasteiger charge is -2.28. The molecule has 0 saturated carbocycles. The lowest BCUT2D eigenvalue weighted by molar-refractivity contribution is -0.143. The van der Waals surface area contributed by atoms with Crippen LogP contribution in [0.4, 0.5) is 4.79 Å². The zero-order valence-electron chi connectivity index (χ0n) is 12.8. The summed E-state index contributed by atoms with van der Waals surface area (Å²) in [4.78, 5) is 36.5. The predicted octanol–water partition coefficient (Wildman–Crippen LogP) is 1.37. The van der Waals surface area contributed by atoms with Gasteiger partial charge in [0.15, 0.2) is 0 Å². The van der Waals surface area contributed by atoms with E-state index in [1.807, 2.05) is 0 Å². The first kappa shape index (κ1) is 17.3. The molecule has 1 rings (SSSR count). The average Bonchev–Trinajstić information content (AvgIpc) is 2.36. The molecule has 1 saturated heterocycles. The van der Waals surface area contributed by atoms with Crippen LogP contribution in [0.1, 0.15) is 46.5 Å². The first-order valence-corrected chi connectivity index (χ1v) is 7.19. The fraction of sp³-hybridized carbons (Fsp3) is 0.786. The summed E-state index contributed by atoms with van der Waals surface area (Å²) in [7, 11) is 0. The van der Waals surface area contributed by atoms with Crippen molar-refractivity contribution in [3.05, 3.63) is 0 Å². The molecule has 0 radical (unpaired) electrons. The Labute approximate surface area is 124 Å². The first-order chi connectivity index (χ1) is 9.69. The van der Waals surface area contributed by atoms with Gasteiger partial charge in [0.2, 0.25) is 5.91 Å². The maximum absolute atomic E-state index is 12.1. The maximum atomic E-state index is 12.1. The molecular formula is C14H24N2O5. The number of ether oxygens (including phenoxy) is 1. The number of hydrogen-bond donors (Lipinski definition) is 2. The molecule has 2 N–H and O–H groups in total. The highest BCUT2D eigenvalue weighted by molar-refractivity contribution is 5.87. The van der Waals surface area contributed by atoms with Crippen molar-refractivity contribution in [3.63, 3.8) is 0 Å². The van der Waals surface area contributed by atoms with Gasteiger partial charge in [0, 0.05) is 13.1 Å². The molecule has 1 aliphatic heterocycles. The molecule has 0 bridgehead atoms. The number of likely N-dealkylation sites (tertiary alicyclic amines) is 1. The van der Waals surface area contributed by atoms with E-state index in [4.69, 9.17) is 9.84 Å². The minimum Gasteiger partial charge on any atom is -0.480 e. The number of alkyl carbamates (subject to hydrolysis) is 1. The van der Waals surface area contributed by atoms with Crippen LogP contribution in [0.5, 0.6) is 0 Å². The molecule has 21 heavy (non-hydrogen) atoms. The smallest absolute Gasteiger partial charge is 0.408 e. The van der Waals surface area contributed by atoms with Crippen LogP contribution in [0.3, 0.4) is 0 Å². The highest BCUT2D eigenvalue weighted by Gasteiger charge is 2.28. The van der Waals surface area contributed by atoms with Gasteiger partial charge >= 0.3 is 12.1 Å². The normalized spacial score (nSPS) is 17.0. The quantitative estimate of drug-likeness (QED) is 0.817. The fourth-order valence-electron chi connectivity index (χ4n) is 2.10. The number of hydrogen-bond acceptors (Lipinski definition) is 4. The summed E-state index contributed by atoms with van der Waals surface area (Å²) in [5.41, 5.74) is -0.718. The topological polar surface area (TPSA) is 95.9 Å². The second-order valence-electron chi connectivity index (χ2n) is 6.18. The van der Waals surface area contributed by atoms with E-state index >= 15 is 0 Å². The molecule has 1 fully saturated rings. The van der Waals surface area contributed by atoms with Crippen molar-refractivity contribution in [2.24, 2.45) is 0 Å². The van der Waals surface area contributed by atoms with E-state index in [1.54, 1.807) is 25.7 Å². The van der Waals surface area contributed by atoms with Gasteiger partial charge in [-0.3, -0.25) is 4.79 Å². The van der Waals surface area contributed by atoms with Crippen LogP contribution in [0, 0.1) is 0 Å². The summed E-state index contributed by atoms with van der Waals surface area (Å²) >= 11 is 0. The van der Waals surface area contributed by atoms with Crippen molar-refractivity contribution in [2.75, 3.05) is 13.1 Å². The minimum absolute atomic E-state index is 0.252. The van der Waals surface area contributed by atoms with Crippen molar-refractivity contribution >= 4 is 18.0 Å². The van der Waals surface area contributed by atoms with Gasteiger partial charge in [-0.05, 0) is 40.0 Å². The van der Waals surface area contributed by atoms with Crippen molar-refractivity contribution < 1.29 is 24.2 Å². The molecule has 0 aromatic carbocycles. The molecule has 0 unspecified atom stereocenters. The Morgan fingerprint density at radius 1 is 1.19 bits per heavy atom. The highest BCUT2D eigenvalue weighted by atomic mass is 16.6. The Bertz CT molecular complexity index is 397. The van der Waals surface area contributed by atoms with Gasteiger partial charge in [0.05, 0.1) is 6.42 Å². The third kappa shape index (κ3) is 6.46. The molecule has 0 aromatic rings. The fourth-order valence-corrected chi connectivity index (χ4v) is 2.10. The first-order valence-electron chi connectivity index (χ1n) is 7.19. The largest absolute Gasteiger partial charge is 0.480 e. The second kappa shape index (κ2) is 7.28. The summed E-state index contributed by atoms with van der Waals surface area (Å²) < 4.78 is 5.01. The van der Waals surface area contributed by atoms with E-state index < -0.39 is 23.7 Å². The minimum atomic E-state index is -1.27. The Kier molecular flexibility index (Phi) is 5.99. The zero-order chi connectivity index (χ0) is 16.0. The molecule has 0 spiro atoms. The third-order valence-corrected chi connectivity index (χ3v) is 3.08. The second-order valence-corrected chi connectivity index (χ2v) is 6.18. The summed E-state index contributed by atoms with van der Waals surface area (Å²) in [6.07, 6.45) is 1.87. The van der Waals surface area contributed by atoms with E-state index in [-0.39, 0.29) is 12.3 Å². The average molecular weight is 300 g/mol. The van der Waals surface area contributed by atoms with Gasteiger partial charge in [-0.15, -0.1) is 0 Å². The monoisotopic (exact) mass is 300 g/mol. The number of carbonyl (C=O) groups excluding carboxylic acids is 2. The summed E-state index contributed by atoms with van der Waals surface area (Å²) in [5, 5.41) is 11.4. The number of carboxylic acids is 1. The highest BCUT2D eigenvalue weighted by Crippen LogP contribution is 2.12. The maximum Gasteiger partial charge on any atom is 0.408 e. The Balaban J connectivity index is 2.55. The molecule has 1 atom stereocenters. The summed E-state index contributed by atoms with van der Waals surface area (Å²) in [5.74, 6) is -1.50. The molecule has 0 aromatic heterocycles. The van der Waals surface area contributed by atoms with Crippen LogP contribution in [0.25, 0.3) is 0 Å².